The Labute approximate surface area is 118 Å². The van der Waals surface area contributed by atoms with E-state index in [1.54, 1.807) is 17.5 Å². The molecule has 0 radical (unpaired) electrons. The minimum absolute atomic E-state index is 0. The number of thiazole rings is 1. The van der Waals surface area contributed by atoms with Gasteiger partial charge in [-0.2, -0.15) is 0 Å². The lowest BCUT2D eigenvalue weighted by Crippen LogP contribution is -2.47. The molecule has 0 amide bonds. The van der Waals surface area contributed by atoms with Crippen molar-refractivity contribution in [1.82, 2.24) is 9.88 Å². The zero-order valence-corrected chi connectivity index (χ0v) is 12.3. The number of aromatic nitrogens is 1. The van der Waals surface area contributed by atoms with Crippen LogP contribution in [0.1, 0.15) is 24.8 Å². The smallest absolute Gasteiger partial charge is 0.113 e. The zero-order chi connectivity index (χ0) is 11.5. The van der Waals surface area contributed by atoms with Crippen LogP contribution in [-0.2, 0) is 6.54 Å². The maximum absolute atomic E-state index is 5.89. The Hall–Kier alpha value is 0.130. The van der Waals surface area contributed by atoms with E-state index in [4.69, 9.17) is 17.3 Å². The minimum atomic E-state index is 0. The molecule has 1 fully saturated rings. The van der Waals surface area contributed by atoms with Crippen molar-refractivity contribution in [2.75, 3.05) is 13.1 Å². The Bertz CT molecular complexity index is 345. The molecule has 1 aromatic rings. The summed E-state index contributed by atoms with van der Waals surface area (Å²) in [4.78, 5) is 6.76. The van der Waals surface area contributed by atoms with Crippen LogP contribution >= 0.6 is 35.3 Å². The Morgan fingerprint density at radius 2 is 2.41 bits per heavy atom. The molecular weight excluding hydrogens is 277 g/mol. The molecule has 2 rings (SSSR count). The van der Waals surface area contributed by atoms with Crippen LogP contribution in [0.3, 0.4) is 0 Å². The van der Waals surface area contributed by atoms with E-state index >= 15 is 0 Å². The molecule has 1 saturated heterocycles. The van der Waals surface area contributed by atoms with Gasteiger partial charge in [0.2, 0.25) is 0 Å². The SMILES string of the molecule is CC1CCCN(Cc2ncc(Cl)s2)C1CN.Cl. The fourth-order valence-corrected chi connectivity index (χ4v) is 3.43. The molecule has 1 aromatic heterocycles. The summed E-state index contributed by atoms with van der Waals surface area (Å²) in [5.41, 5.74) is 5.86. The van der Waals surface area contributed by atoms with Crippen LogP contribution in [-0.4, -0.2) is 29.0 Å². The first-order valence-corrected chi connectivity index (χ1v) is 6.94. The maximum atomic E-state index is 5.89. The third-order valence-electron chi connectivity index (χ3n) is 3.34. The fraction of sp³-hybridized carbons (Fsp3) is 0.727. The van der Waals surface area contributed by atoms with Gasteiger partial charge in [-0.1, -0.05) is 18.5 Å². The Morgan fingerprint density at radius 3 is 3.00 bits per heavy atom. The number of hydrogen-bond donors (Lipinski definition) is 1. The van der Waals surface area contributed by atoms with Gasteiger partial charge >= 0.3 is 0 Å². The van der Waals surface area contributed by atoms with Crippen molar-refractivity contribution in [3.8, 4) is 0 Å². The molecular formula is C11H19Cl2N3S. The summed E-state index contributed by atoms with van der Waals surface area (Å²) >= 11 is 7.46. The number of nitrogens with two attached hydrogens (primary N) is 1. The number of piperidine rings is 1. The number of halogens is 2. The second kappa shape index (κ2) is 6.90. The van der Waals surface area contributed by atoms with Gasteiger partial charge in [-0.25, -0.2) is 4.98 Å². The first-order chi connectivity index (χ1) is 7.70. The highest BCUT2D eigenvalue weighted by molar-refractivity contribution is 7.15. The summed E-state index contributed by atoms with van der Waals surface area (Å²) in [5, 5.41) is 1.09. The molecule has 98 valence electrons. The van der Waals surface area contributed by atoms with Crippen molar-refractivity contribution >= 4 is 35.3 Å². The summed E-state index contributed by atoms with van der Waals surface area (Å²) < 4.78 is 0.768. The highest BCUT2D eigenvalue weighted by atomic mass is 35.5. The first-order valence-electron chi connectivity index (χ1n) is 5.75. The minimum Gasteiger partial charge on any atom is -0.329 e. The van der Waals surface area contributed by atoms with Crippen molar-refractivity contribution in [1.29, 1.82) is 0 Å². The van der Waals surface area contributed by atoms with Crippen LogP contribution in [0.2, 0.25) is 4.34 Å². The quantitative estimate of drug-likeness (QED) is 0.932. The summed E-state index contributed by atoms with van der Waals surface area (Å²) in [6, 6.07) is 0.497. The lowest BCUT2D eigenvalue weighted by molar-refractivity contribution is 0.0990. The molecule has 2 N–H and O–H groups in total. The van der Waals surface area contributed by atoms with Crippen LogP contribution in [0.4, 0.5) is 0 Å². The van der Waals surface area contributed by atoms with Crippen LogP contribution in [0.25, 0.3) is 0 Å². The van der Waals surface area contributed by atoms with Crippen molar-refractivity contribution in [2.24, 2.45) is 11.7 Å². The third-order valence-corrected chi connectivity index (χ3v) is 4.44. The van der Waals surface area contributed by atoms with Crippen LogP contribution in [0.5, 0.6) is 0 Å². The molecule has 1 aliphatic heterocycles. The highest BCUT2D eigenvalue weighted by Crippen LogP contribution is 2.26. The lowest BCUT2D eigenvalue weighted by Gasteiger charge is -2.38. The van der Waals surface area contributed by atoms with Crippen LogP contribution in [0, 0.1) is 5.92 Å². The van der Waals surface area contributed by atoms with Crippen molar-refractivity contribution in [3.63, 3.8) is 0 Å². The largest absolute Gasteiger partial charge is 0.329 e. The van der Waals surface area contributed by atoms with Crippen LogP contribution in [0.15, 0.2) is 6.20 Å². The van der Waals surface area contributed by atoms with E-state index in [1.165, 1.54) is 12.8 Å². The first kappa shape index (κ1) is 15.2. The van der Waals surface area contributed by atoms with Gasteiger partial charge in [0.1, 0.15) is 9.34 Å². The Balaban J connectivity index is 0.00000144. The van der Waals surface area contributed by atoms with Crippen LogP contribution < -0.4 is 5.73 Å². The average Bonchev–Trinajstić information content (AvgIpc) is 2.64. The summed E-state index contributed by atoms with van der Waals surface area (Å²) in [5.74, 6) is 0.689. The van der Waals surface area contributed by atoms with Crippen molar-refractivity contribution < 1.29 is 0 Å². The monoisotopic (exact) mass is 295 g/mol. The molecule has 2 unspecified atom stereocenters. The summed E-state index contributed by atoms with van der Waals surface area (Å²) in [6.45, 7) is 5.05. The van der Waals surface area contributed by atoms with E-state index < -0.39 is 0 Å². The van der Waals surface area contributed by atoms with Gasteiger partial charge < -0.3 is 5.73 Å². The Morgan fingerprint density at radius 1 is 1.65 bits per heavy atom. The molecule has 0 bridgehead atoms. The van der Waals surface area contributed by atoms with Gasteiger partial charge in [-0.3, -0.25) is 4.90 Å². The molecule has 0 aromatic carbocycles. The topological polar surface area (TPSA) is 42.2 Å². The fourth-order valence-electron chi connectivity index (χ4n) is 2.45. The number of rotatable bonds is 3. The molecule has 0 aliphatic carbocycles. The van der Waals surface area contributed by atoms with E-state index in [-0.39, 0.29) is 12.4 Å². The lowest BCUT2D eigenvalue weighted by atomic mass is 9.91. The number of hydrogen-bond acceptors (Lipinski definition) is 4. The third kappa shape index (κ3) is 3.80. The zero-order valence-electron chi connectivity index (χ0n) is 9.93. The van der Waals surface area contributed by atoms with Gasteiger partial charge in [0, 0.05) is 12.6 Å². The maximum Gasteiger partial charge on any atom is 0.113 e. The Kier molecular flexibility index (Phi) is 6.17. The average molecular weight is 296 g/mol. The normalized spacial score (nSPS) is 25.6. The van der Waals surface area contributed by atoms with E-state index in [1.807, 2.05) is 0 Å². The molecule has 1 aliphatic rings. The predicted molar refractivity (Wildman–Crippen MR) is 76.0 cm³/mol. The highest BCUT2D eigenvalue weighted by Gasteiger charge is 2.27. The van der Waals surface area contributed by atoms with E-state index in [9.17, 15) is 0 Å². The molecule has 2 heterocycles. The standard InChI is InChI=1S/C11H18ClN3S.ClH/c1-8-3-2-4-15(9(8)5-13)7-11-14-6-10(12)16-11;/h6,8-9H,2-5,7,13H2,1H3;1H. The summed E-state index contributed by atoms with van der Waals surface area (Å²) in [7, 11) is 0. The number of nitrogens with zero attached hydrogens (tertiary/aromatic N) is 2. The van der Waals surface area contributed by atoms with Gasteiger partial charge in [0.05, 0.1) is 12.7 Å². The van der Waals surface area contributed by atoms with E-state index in [2.05, 4.69) is 16.8 Å². The molecule has 6 heteroatoms. The second-order valence-corrected chi connectivity index (χ2v) is 6.20. The predicted octanol–water partition coefficient (Wildman–Crippen LogP) is 2.78. The van der Waals surface area contributed by atoms with Gasteiger partial charge in [0.15, 0.2) is 0 Å². The van der Waals surface area contributed by atoms with Crippen molar-refractivity contribution in [3.05, 3.63) is 15.5 Å². The van der Waals surface area contributed by atoms with Gasteiger partial charge in [-0.15, -0.1) is 23.7 Å². The number of likely N-dealkylation sites (tertiary alicyclic amines) is 1. The van der Waals surface area contributed by atoms with E-state index in [0.717, 1.165) is 29.0 Å². The second-order valence-electron chi connectivity index (χ2n) is 4.45. The molecule has 17 heavy (non-hydrogen) atoms. The van der Waals surface area contributed by atoms with E-state index in [0.29, 0.717) is 12.0 Å². The van der Waals surface area contributed by atoms with Gasteiger partial charge in [0.25, 0.3) is 0 Å². The molecule has 2 atom stereocenters. The molecule has 3 nitrogen and oxygen atoms in total. The summed E-state index contributed by atoms with van der Waals surface area (Å²) in [6.07, 6.45) is 4.28. The molecule has 0 saturated carbocycles. The molecule has 0 spiro atoms. The van der Waals surface area contributed by atoms with Gasteiger partial charge in [-0.05, 0) is 25.3 Å². The van der Waals surface area contributed by atoms with Crippen molar-refractivity contribution in [2.45, 2.75) is 32.4 Å².